The molecule has 4 atom stereocenters. The van der Waals surface area contributed by atoms with Gasteiger partial charge >= 0.3 is 6.61 Å². The summed E-state index contributed by atoms with van der Waals surface area (Å²) in [6.07, 6.45) is 2.65. The summed E-state index contributed by atoms with van der Waals surface area (Å²) in [7, 11) is -2.24. The molecule has 40 heavy (non-hydrogen) atoms. The highest BCUT2D eigenvalue weighted by Crippen LogP contribution is 2.24. The topological polar surface area (TPSA) is 76.7 Å². The molecule has 0 saturated carbocycles. The number of benzene rings is 2. The van der Waals surface area contributed by atoms with Crippen LogP contribution >= 0.6 is 0 Å². The summed E-state index contributed by atoms with van der Waals surface area (Å²) in [6, 6.07) is 14.5. The zero-order chi connectivity index (χ0) is 30.5. The molecular formula is C30H48F2N2O4S2. The summed E-state index contributed by atoms with van der Waals surface area (Å²) in [6.45, 7) is 15.7. The molecule has 0 aliphatic heterocycles. The Balaban J connectivity index is 0.000000400. The number of nitrogens with one attached hydrogen (secondary N) is 2. The fraction of sp³-hybridized carbons (Fsp3) is 0.600. The van der Waals surface area contributed by atoms with E-state index in [0.29, 0.717) is 0 Å². The Morgan fingerprint density at radius 1 is 0.700 bits per heavy atom. The van der Waals surface area contributed by atoms with Crippen LogP contribution in [0.2, 0.25) is 0 Å². The molecule has 10 heteroatoms. The van der Waals surface area contributed by atoms with Crippen LogP contribution < -0.4 is 18.9 Å². The van der Waals surface area contributed by atoms with Crippen molar-refractivity contribution < 1.29 is 26.7 Å². The molecule has 228 valence electrons. The van der Waals surface area contributed by atoms with Crippen LogP contribution in [0.25, 0.3) is 0 Å². The third kappa shape index (κ3) is 13.2. The molecule has 0 aliphatic carbocycles. The summed E-state index contributed by atoms with van der Waals surface area (Å²) < 4.78 is 64.0. The van der Waals surface area contributed by atoms with Gasteiger partial charge in [-0.2, -0.15) is 8.78 Å². The summed E-state index contributed by atoms with van der Waals surface area (Å²) in [5, 5.41) is 0. The molecule has 4 unspecified atom stereocenters. The molecule has 0 spiro atoms. The first-order chi connectivity index (χ1) is 18.6. The maximum absolute atomic E-state index is 12.2. The van der Waals surface area contributed by atoms with E-state index in [0.717, 1.165) is 42.7 Å². The second-order valence-electron chi connectivity index (χ2n) is 11.3. The van der Waals surface area contributed by atoms with Gasteiger partial charge in [0.05, 0.1) is 38.1 Å². The second kappa shape index (κ2) is 17.2. The zero-order valence-electron chi connectivity index (χ0n) is 25.4. The van der Waals surface area contributed by atoms with E-state index in [2.05, 4.69) is 28.0 Å². The van der Waals surface area contributed by atoms with Gasteiger partial charge in [0.15, 0.2) is 0 Å². The Kier molecular flexibility index (Phi) is 15.5. The van der Waals surface area contributed by atoms with Gasteiger partial charge in [-0.1, -0.05) is 45.0 Å². The Hall–Kier alpha value is -1.88. The Morgan fingerprint density at radius 3 is 1.38 bits per heavy atom. The van der Waals surface area contributed by atoms with Gasteiger partial charge in [-0.05, 0) is 96.2 Å². The van der Waals surface area contributed by atoms with Gasteiger partial charge in [0.1, 0.15) is 11.5 Å². The van der Waals surface area contributed by atoms with Crippen molar-refractivity contribution in [3.8, 4) is 11.5 Å². The number of rotatable bonds is 13. The first-order valence-electron chi connectivity index (χ1n) is 13.8. The lowest BCUT2D eigenvalue weighted by Gasteiger charge is -2.24. The number of hydrogen-bond donors (Lipinski definition) is 2. The molecule has 6 nitrogen and oxygen atoms in total. The third-order valence-corrected chi connectivity index (χ3v) is 8.91. The highest BCUT2D eigenvalue weighted by Gasteiger charge is 2.24. The van der Waals surface area contributed by atoms with Crippen molar-refractivity contribution in [2.75, 3.05) is 6.61 Å². The van der Waals surface area contributed by atoms with Gasteiger partial charge in [-0.15, -0.1) is 0 Å². The fourth-order valence-corrected chi connectivity index (χ4v) is 5.11. The predicted octanol–water partition coefficient (Wildman–Crippen LogP) is 7.77. The lowest BCUT2D eigenvalue weighted by atomic mass is 10.1. The molecule has 0 amide bonds. The van der Waals surface area contributed by atoms with Crippen LogP contribution in [0.5, 0.6) is 11.5 Å². The standard InChI is InChI=1S/C16H27NO2S.C14H21F2NO2S/c1-6-12-19-14-10-8-13(9-11-14)15(7-2)17-20(18)16(3,4)5;1-5-12(17-20(18)14(2,3)4)10-6-8-11(9-7-10)19-13(15)16/h8-11,15,17H,6-7,12H2,1-5H3;6-9,12-13,17H,5H2,1-4H3. The Morgan fingerprint density at radius 2 is 1.07 bits per heavy atom. The van der Waals surface area contributed by atoms with Gasteiger partial charge in [0, 0.05) is 12.1 Å². The van der Waals surface area contributed by atoms with Crippen molar-refractivity contribution in [2.45, 2.75) is 110 Å². The fourth-order valence-electron chi connectivity index (χ4n) is 3.28. The van der Waals surface area contributed by atoms with Gasteiger partial charge in [0.25, 0.3) is 0 Å². The number of hydrogen-bond acceptors (Lipinski definition) is 4. The molecule has 0 aromatic heterocycles. The van der Waals surface area contributed by atoms with Crippen LogP contribution in [0, 0.1) is 0 Å². The van der Waals surface area contributed by atoms with Crippen molar-refractivity contribution in [1.29, 1.82) is 0 Å². The smallest absolute Gasteiger partial charge is 0.387 e. The van der Waals surface area contributed by atoms with Gasteiger partial charge < -0.3 is 9.47 Å². The van der Waals surface area contributed by atoms with E-state index in [-0.39, 0.29) is 27.3 Å². The van der Waals surface area contributed by atoms with E-state index in [9.17, 15) is 17.2 Å². The minimum Gasteiger partial charge on any atom is -0.494 e. The normalized spacial score (nSPS) is 15.0. The summed E-state index contributed by atoms with van der Waals surface area (Å²) >= 11 is 0. The summed E-state index contributed by atoms with van der Waals surface area (Å²) in [5.74, 6) is 1.01. The molecule has 0 bridgehead atoms. The van der Waals surface area contributed by atoms with Crippen LogP contribution in [0.4, 0.5) is 8.78 Å². The lowest BCUT2D eigenvalue weighted by molar-refractivity contribution is -0.0498. The largest absolute Gasteiger partial charge is 0.494 e. The second-order valence-corrected chi connectivity index (χ2v) is 15.3. The van der Waals surface area contributed by atoms with E-state index >= 15 is 0 Å². The van der Waals surface area contributed by atoms with E-state index in [1.54, 1.807) is 12.1 Å². The summed E-state index contributed by atoms with van der Waals surface area (Å²) in [5.41, 5.74) is 2.04. The molecule has 2 N–H and O–H groups in total. The minimum atomic E-state index is -2.82. The number of halogens is 2. The average Bonchev–Trinajstić information content (AvgIpc) is 2.88. The van der Waals surface area contributed by atoms with Crippen molar-refractivity contribution in [2.24, 2.45) is 0 Å². The third-order valence-electron chi connectivity index (χ3n) is 5.69. The highest BCUT2D eigenvalue weighted by atomic mass is 32.2. The molecule has 0 aliphatic rings. The van der Waals surface area contributed by atoms with E-state index in [4.69, 9.17) is 4.74 Å². The monoisotopic (exact) mass is 602 g/mol. The van der Waals surface area contributed by atoms with Crippen LogP contribution in [0.3, 0.4) is 0 Å². The predicted molar refractivity (Wildman–Crippen MR) is 163 cm³/mol. The van der Waals surface area contributed by atoms with Crippen molar-refractivity contribution in [1.82, 2.24) is 9.44 Å². The van der Waals surface area contributed by atoms with E-state index < -0.39 is 28.6 Å². The van der Waals surface area contributed by atoms with Gasteiger partial charge in [-0.3, -0.25) is 0 Å². The average molecular weight is 603 g/mol. The summed E-state index contributed by atoms with van der Waals surface area (Å²) in [4.78, 5) is 0. The van der Waals surface area contributed by atoms with Crippen LogP contribution in [0.15, 0.2) is 48.5 Å². The molecule has 2 aromatic carbocycles. The maximum Gasteiger partial charge on any atom is 0.387 e. The lowest BCUT2D eigenvalue weighted by Crippen LogP contribution is -2.35. The number of alkyl halides is 2. The van der Waals surface area contributed by atoms with Crippen LogP contribution in [0.1, 0.15) is 105 Å². The molecule has 0 fully saturated rings. The van der Waals surface area contributed by atoms with E-state index in [1.165, 1.54) is 12.1 Å². The SMILES string of the molecule is CCC(NS(=O)C(C)(C)C)c1ccc(OC(F)F)cc1.CCCOc1ccc(C(CC)NS(=O)C(C)(C)C)cc1. The minimum absolute atomic E-state index is 0.0874. The molecule has 2 rings (SSSR count). The maximum atomic E-state index is 12.2. The number of ether oxygens (including phenoxy) is 2. The van der Waals surface area contributed by atoms with Crippen LogP contribution in [-0.4, -0.2) is 31.1 Å². The first-order valence-corrected chi connectivity index (χ1v) is 16.1. The van der Waals surface area contributed by atoms with Crippen molar-refractivity contribution in [3.63, 3.8) is 0 Å². The molecule has 0 heterocycles. The van der Waals surface area contributed by atoms with Gasteiger partial charge in [-0.25, -0.2) is 17.9 Å². The molecule has 0 radical (unpaired) electrons. The Bertz CT molecular complexity index is 1040. The molecule has 2 aromatic rings. The van der Waals surface area contributed by atoms with Gasteiger partial charge in [0.2, 0.25) is 0 Å². The molecule has 0 saturated heterocycles. The van der Waals surface area contributed by atoms with Crippen LogP contribution in [-0.2, 0) is 22.0 Å². The Labute approximate surface area is 245 Å². The molecular weight excluding hydrogens is 554 g/mol. The van der Waals surface area contributed by atoms with Crippen molar-refractivity contribution >= 4 is 22.0 Å². The first kappa shape index (κ1) is 36.1. The zero-order valence-corrected chi connectivity index (χ0v) is 27.0. The van der Waals surface area contributed by atoms with E-state index in [1.807, 2.05) is 72.7 Å². The highest BCUT2D eigenvalue weighted by molar-refractivity contribution is 7.84. The van der Waals surface area contributed by atoms with Crippen molar-refractivity contribution in [3.05, 3.63) is 59.7 Å². The quantitative estimate of drug-likeness (QED) is 0.246.